The maximum Gasteiger partial charge on any atom is 0.133 e. The summed E-state index contributed by atoms with van der Waals surface area (Å²) in [6.07, 6.45) is 1.71. The van der Waals surface area contributed by atoms with E-state index < -0.39 is 0 Å². The highest BCUT2D eigenvalue weighted by atomic mass is 16.3. The number of hydrogen-bond donors (Lipinski definition) is 1. The molecule has 1 unspecified atom stereocenters. The standard InChI is InChI=1S/C13H17NO/c1-9(13(2,3)14)10-4-5-12-11(8-10)6-7-15-12/h4-9H,14H2,1-3H3. The summed E-state index contributed by atoms with van der Waals surface area (Å²) in [7, 11) is 0. The van der Waals surface area contributed by atoms with Crippen LogP contribution >= 0.6 is 0 Å². The van der Waals surface area contributed by atoms with Crippen LogP contribution in [0, 0.1) is 0 Å². The first-order valence-electron chi connectivity index (χ1n) is 5.24. The van der Waals surface area contributed by atoms with E-state index in [1.807, 2.05) is 12.1 Å². The zero-order valence-corrected chi connectivity index (χ0v) is 9.45. The highest BCUT2D eigenvalue weighted by molar-refractivity contribution is 5.77. The quantitative estimate of drug-likeness (QED) is 0.813. The summed E-state index contributed by atoms with van der Waals surface area (Å²) in [4.78, 5) is 0. The van der Waals surface area contributed by atoms with Crippen LogP contribution in [0.5, 0.6) is 0 Å². The zero-order valence-electron chi connectivity index (χ0n) is 9.45. The Morgan fingerprint density at radius 2 is 2.00 bits per heavy atom. The number of furan rings is 1. The van der Waals surface area contributed by atoms with E-state index in [0.717, 1.165) is 11.0 Å². The van der Waals surface area contributed by atoms with Crippen molar-refractivity contribution in [2.24, 2.45) is 5.73 Å². The summed E-state index contributed by atoms with van der Waals surface area (Å²) < 4.78 is 5.31. The summed E-state index contributed by atoms with van der Waals surface area (Å²) in [6, 6.07) is 8.23. The van der Waals surface area contributed by atoms with Crippen molar-refractivity contribution in [3.8, 4) is 0 Å². The van der Waals surface area contributed by atoms with Crippen LogP contribution in [0.3, 0.4) is 0 Å². The number of benzene rings is 1. The molecule has 1 aromatic carbocycles. The van der Waals surface area contributed by atoms with Crippen molar-refractivity contribution in [3.05, 3.63) is 36.1 Å². The van der Waals surface area contributed by atoms with Crippen molar-refractivity contribution in [3.63, 3.8) is 0 Å². The lowest BCUT2D eigenvalue weighted by atomic mass is 9.84. The highest BCUT2D eigenvalue weighted by Crippen LogP contribution is 2.28. The van der Waals surface area contributed by atoms with Gasteiger partial charge in [-0.1, -0.05) is 13.0 Å². The number of fused-ring (bicyclic) bond motifs is 1. The minimum Gasteiger partial charge on any atom is -0.464 e. The van der Waals surface area contributed by atoms with Gasteiger partial charge in [0.15, 0.2) is 0 Å². The fraction of sp³-hybridized carbons (Fsp3) is 0.385. The smallest absolute Gasteiger partial charge is 0.133 e. The minimum absolute atomic E-state index is 0.197. The van der Waals surface area contributed by atoms with Crippen molar-refractivity contribution in [2.45, 2.75) is 32.2 Å². The first-order valence-corrected chi connectivity index (χ1v) is 5.24. The Kier molecular flexibility index (Phi) is 2.31. The van der Waals surface area contributed by atoms with Crippen LogP contribution in [-0.4, -0.2) is 5.54 Å². The average Bonchev–Trinajstić information content (AvgIpc) is 2.61. The first-order chi connectivity index (χ1) is 6.98. The molecule has 0 radical (unpaired) electrons. The van der Waals surface area contributed by atoms with Gasteiger partial charge in [0.1, 0.15) is 5.58 Å². The summed E-state index contributed by atoms with van der Waals surface area (Å²) in [5.74, 6) is 0.330. The fourth-order valence-electron chi connectivity index (χ4n) is 1.68. The average molecular weight is 203 g/mol. The van der Waals surface area contributed by atoms with Crippen molar-refractivity contribution >= 4 is 11.0 Å². The molecule has 0 fully saturated rings. The van der Waals surface area contributed by atoms with Crippen molar-refractivity contribution in [2.75, 3.05) is 0 Å². The topological polar surface area (TPSA) is 39.2 Å². The van der Waals surface area contributed by atoms with Gasteiger partial charge in [0.25, 0.3) is 0 Å². The van der Waals surface area contributed by atoms with Crippen LogP contribution in [0.15, 0.2) is 34.9 Å². The van der Waals surface area contributed by atoms with Crippen LogP contribution in [-0.2, 0) is 0 Å². The molecule has 0 aliphatic heterocycles. The molecule has 1 heterocycles. The predicted molar refractivity (Wildman–Crippen MR) is 62.9 cm³/mol. The third-order valence-corrected chi connectivity index (χ3v) is 3.09. The molecular weight excluding hydrogens is 186 g/mol. The number of hydrogen-bond acceptors (Lipinski definition) is 2. The van der Waals surface area contributed by atoms with E-state index >= 15 is 0 Å². The Morgan fingerprint density at radius 3 is 2.67 bits per heavy atom. The van der Waals surface area contributed by atoms with E-state index in [0.29, 0.717) is 5.92 Å². The molecule has 2 N–H and O–H groups in total. The van der Waals surface area contributed by atoms with Gasteiger partial charge in [-0.15, -0.1) is 0 Å². The lowest BCUT2D eigenvalue weighted by Gasteiger charge is -2.27. The lowest BCUT2D eigenvalue weighted by Crippen LogP contribution is -2.37. The predicted octanol–water partition coefficient (Wildman–Crippen LogP) is 3.27. The number of nitrogens with two attached hydrogens (primary N) is 1. The maximum atomic E-state index is 6.11. The summed E-state index contributed by atoms with van der Waals surface area (Å²) in [5, 5.41) is 1.14. The summed E-state index contributed by atoms with van der Waals surface area (Å²) in [6.45, 7) is 6.26. The SMILES string of the molecule is CC(c1ccc2occc2c1)C(C)(C)N. The van der Waals surface area contributed by atoms with Crippen LogP contribution in [0.25, 0.3) is 11.0 Å². The molecule has 2 aromatic rings. The highest BCUT2D eigenvalue weighted by Gasteiger charge is 2.22. The largest absolute Gasteiger partial charge is 0.464 e. The minimum atomic E-state index is -0.197. The first kappa shape index (κ1) is 10.2. The molecule has 1 aromatic heterocycles. The Morgan fingerprint density at radius 1 is 1.27 bits per heavy atom. The summed E-state index contributed by atoms with van der Waals surface area (Å²) >= 11 is 0. The third-order valence-electron chi connectivity index (χ3n) is 3.09. The van der Waals surface area contributed by atoms with E-state index in [9.17, 15) is 0 Å². The molecule has 2 heteroatoms. The van der Waals surface area contributed by atoms with E-state index in [2.05, 4.69) is 32.9 Å². The molecule has 0 spiro atoms. The number of rotatable bonds is 2. The Bertz CT molecular complexity index is 465. The Labute approximate surface area is 90.1 Å². The van der Waals surface area contributed by atoms with Crippen molar-refractivity contribution in [1.82, 2.24) is 0 Å². The molecule has 2 rings (SSSR count). The normalized spacial score (nSPS) is 14.4. The zero-order chi connectivity index (χ0) is 11.1. The molecule has 2 nitrogen and oxygen atoms in total. The van der Waals surface area contributed by atoms with Gasteiger partial charge in [0, 0.05) is 10.9 Å². The van der Waals surface area contributed by atoms with Crippen LogP contribution in [0.2, 0.25) is 0 Å². The fourth-order valence-corrected chi connectivity index (χ4v) is 1.68. The van der Waals surface area contributed by atoms with Crippen LogP contribution in [0.1, 0.15) is 32.3 Å². The van der Waals surface area contributed by atoms with E-state index in [-0.39, 0.29) is 5.54 Å². The Balaban J connectivity index is 2.44. The van der Waals surface area contributed by atoms with E-state index in [1.54, 1.807) is 6.26 Å². The second kappa shape index (κ2) is 3.38. The van der Waals surface area contributed by atoms with Gasteiger partial charge in [-0.3, -0.25) is 0 Å². The molecule has 0 aliphatic rings. The second-order valence-electron chi connectivity index (χ2n) is 4.76. The van der Waals surface area contributed by atoms with Crippen molar-refractivity contribution in [1.29, 1.82) is 0 Å². The Hall–Kier alpha value is -1.28. The van der Waals surface area contributed by atoms with E-state index in [4.69, 9.17) is 10.2 Å². The van der Waals surface area contributed by atoms with Gasteiger partial charge in [-0.05, 0) is 43.5 Å². The van der Waals surface area contributed by atoms with Crippen LogP contribution in [0.4, 0.5) is 0 Å². The molecule has 1 atom stereocenters. The monoisotopic (exact) mass is 203 g/mol. The summed E-state index contributed by atoms with van der Waals surface area (Å²) in [5.41, 5.74) is 8.10. The van der Waals surface area contributed by atoms with Crippen LogP contribution < -0.4 is 5.73 Å². The third kappa shape index (κ3) is 1.90. The maximum absolute atomic E-state index is 6.11. The molecule has 0 saturated heterocycles. The second-order valence-corrected chi connectivity index (χ2v) is 4.76. The lowest BCUT2D eigenvalue weighted by molar-refractivity contribution is 0.435. The molecule has 15 heavy (non-hydrogen) atoms. The van der Waals surface area contributed by atoms with Gasteiger partial charge in [0.05, 0.1) is 6.26 Å². The molecule has 80 valence electrons. The van der Waals surface area contributed by atoms with Gasteiger partial charge in [-0.25, -0.2) is 0 Å². The molecule has 0 bridgehead atoms. The van der Waals surface area contributed by atoms with Crippen molar-refractivity contribution < 1.29 is 4.42 Å². The molecule has 0 amide bonds. The molecule has 0 aliphatic carbocycles. The molecule has 0 saturated carbocycles. The molecular formula is C13H17NO. The van der Waals surface area contributed by atoms with Gasteiger partial charge >= 0.3 is 0 Å². The van der Waals surface area contributed by atoms with Gasteiger partial charge in [-0.2, -0.15) is 0 Å². The van der Waals surface area contributed by atoms with E-state index in [1.165, 1.54) is 5.56 Å². The van der Waals surface area contributed by atoms with Gasteiger partial charge < -0.3 is 10.2 Å². The van der Waals surface area contributed by atoms with Gasteiger partial charge in [0.2, 0.25) is 0 Å².